The summed E-state index contributed by atoms with van der Waals surface area (Å²) in [4.78, 5) is 1.93. The Hall–Kier alpha value is -2.60. The lowest BCUT2D eigenvalue weighted by atomic mass is 10.3. The van der Waals surface area contributed by atoms with Gasteiger partial charge in [0.1, 0.15) is 18.0 Å². The lowest BCUT2D eigenvalue weighted by Gasteiger charge is -2.17. The number of nitriles is 2. The van der Waals surface area contributed by atoms with E-state index in [1.807, 2.05) is 36.2 Å². The highest BCUT2D eigenvalue weighted by atomic mass is 16.3. The lowest BCUT2D eigenvalue weighted by Crippen LogP contribution is -2.32. The van der Waals surface area contributed by atoms with E-state index in [1.54, 1.807) is 13.3 Å². The predicted molar refractivity (Wildman–Crippen MR) is 67.3 cm³/mol. The van der Waals surface area contributed by atoms with Gasteiger partial charge in [-0.1, -0.05) is 0 Å². The van der Waals surface area contributed by atoms with Crippen molar-refractivity contribution in [2.75, 3.05) is 32.1 Å². The molecule has 2 N–H and O–H groups in total. The van der Waals surface area contributed by atoms with Crippen LogP contribution in [0, 0.1) is 22.7 Å². The van der Waals surface area contributed by atoms with Crippen LogP contribution in [0.15, 0.2) is 34.2 Å². The van der Waals surface area contributed by atoms with Gasteiger partial charge in [0, 0.05) is 33.3 Å². The van der Waals surface area contributed by atoms with Crippen LogP contribution in [-0.4, -0.2) is 27.2 Å². The van der Waals surface area contributed by atoms with Crippen molar-refractivity contribution in [3.8, 4) is 12.1 Å². The Morgan fingerprint density at radius 1 is 1.44 bits per heavy atom. The fraction of sp³-hybridized carbons (Fsp3) is 0.333. The van der Waals surface area contributed by atoms with Crippen LogP contribution in [0.2, 0.25) is 0 Å². The first kappa shape index (κ1) is 13.5. The Morgan fingerprint density at radius 2 is 2.17 bits per heavy atom. The van der Waals surface area contributed by atoms with Crippen LogP contribution in [0.4, 0.5) is 5.88 Å². The summed E-state index contributed by atoms with van der Waals surface area (Å²) in [5, 5.41) is 23.3. The molecule has 1 aromatic rings. The van der Waals surface area contributed by atoms with Gasteiger partial charge < -0.3 is 20.0 Å². The molecule has 0 atom stereocenters. The average molecular weight is 245 g/mol. The average Bonchev–Trinajstić information content (AvgIpc) is 2.91. The molecule has 0 bridgehead atoms. The summed E-state index contributed by atoms with van der Waals surface area (Å²) in [5.74, 6) is 1.21. The zero-order valence-electron chi connectivity index (χ0n) is 10.4. The fourth-order valence-electron chi connectivity index (χ4n) is 1.38. The number of anilines is 1. The molecule has 0 radical (unpaired) electrons. The maximum absolute atomic E-state index is 8.75. The van der Waals surface area contributed by atoms with Gasteiger partial charge in [0.15, 0.2) is 11.5 Å². The van der Waals surface area contributed by atoms with E-state index in [4.69, 9.17) is 14.9 Å². The lowest BCUT2D eigenvalue weighted by molar-refractivity contribution is 0.551. The molecule has 6 nitrogen and oxygen atoms in total. The van der Waals surface area contributed by atoms with E-state index in [-0.39, 0.29) is 5.57 Å². The number of hydrogen-bond acceptors (Lipinski definition) is 6. The second kappa shape index (κ2) is 6.87. The van der Waals surface area contributed by atoms with E-state index in [0.29, 0.717) is 18.9 Å². The Morgan fingerprint density at radius 3 is 2.67 bits per heavy atom. The molecule has 0 aromatic carbocycles. The van der Waals surface area contributed by atoms with E-state index in [0.717, 1.165) is 5.88 Å². The highest BCUT2D eigenvalue weighted by Gasteiger charge is 2.05. The first-order valence-corrected chi connectivity index (χ1v) is 5.43. The van der Waals surface area contributed by atoms with Gasteiger partial charge in [-0.15, -0.1) is 0 Å². The van der Waals surface area contributed by atoms with Crippen molar-refractivity contribution in [2.24, 2.45) is 0 Å². The molecule has 94 valence electrons. The van der Waals surface area contributed by atoms with Crippen LogP contribution in [0.1, 0.15) is 0 Å². The topological polar surface area (TPSA) is 88.0 Å². The number of nitrogens with zero attached hydrogens (tertiary/aromatic N) is 3. The maximum Gasteiger partial charge on any atom is 0.194 e. The van der Waals surface area contributed by atoms with Crippen molar-refractivity contribution in [2.45, 2.75) is 0 Å². The minimum atomic E-state index is 0.0400. The number of hydrogen-bond donors (Lipinski definition) is 2. The summed E-state index contributed by atoms with van der Waals surface area (Å²) in [6.07, 6.45) is 1.61. The Kier molecular flexibility index (Phi) is 5.14. The highest BCUT2D eigenvalue weighted by molar-refractivity contribution is 5.39. The van der Waals surface area contributed by atoms with Crippen LogP contribution in [-0.2, 0) is 0 Å². The van der Waals surface area contributed by atoms with Crippen molar-refractivity contribution >= 4 is 5.88 Å². The zero-order chi connectivity index (χ0) is 13.4. The molecule has 0 unspecified atom stereocenters. The van der Waals surface area contributed by atoms with Crippen molar-refractivity contribution in [3.63, 3.8) is 0 Å². The number of allylic oxidation sites excluding steroid dienone is 1. The molecule has 0 aliphatic heterocycles. The zero-order valence-corrected chi connectivity index (χ0v) is 10.4. The third-order valence-corrected chi connectivity index (χ3v) is 2.35. The van der Waals surface area contributed by atoms with Gasteiger partial charge in [0.2, 0.25) is 0 Å². The number of nitrogens with one attached hydrogen (secondary N) is 2. The van der Waals surface area contributed by atoms with Gasteiger partial charge in [-0.25, -0.2) is 0 Å². The Bertz CT molecular complexity index is 462. The quantitative estimate of drug-likeness (QED) is 0.720. The monoisotopic (exact) mass is 245 g/mol. The molecule has 0 fully saturated rings. The second-order valence-electron chi connectivity index (χ2n) is 3.52. The van der Waals surface area contributed by atoms with E-state index in [2.05, 4.69) is 10.6 Å². The third kappa shape index (κ3) is 3.46. The summed E-state index contributed by atoms with van der Waals surface area (Å²) in [7, 11) is 3.56. The van der Waals surface area contributed by atoms with Crippen molar-refractivity contribution < 1.29 is 4.42 Å². The summed E-state index contributed by atoms with van der Waals surface area (Å²) in [6.45, 7) is 1.27. The standard InChI is InChI=1S/C12H15N5O/c1-15-12(10(8-13)9-14)16-5-6-17(2)11-4-3-7-18-11/h3-4,7,15-16H,5-6H2,1-2H3. The summed E-state index contributed by atoms with van der Waals surface area (Å²) >= 11 is 0. The molecule has 0 saturated heterocycles. The van der Waals surface area contributed by atoms with Crippen LogP contribution in [0.3, 0.4) is 0 Å². The molecule has 1 aromatic heterocycles. The van der Waals surface area contributed by atoms with Crippen molar-refractivity contribution in [1.29, 1.82) is 10.5 Å². The van der Waals surface area contributed by atoms with Crippen LogP contribution >= 0.6 is 0 Å². The summed E-state index contributed by atoms with van der Waals surface area (Å²) in [6, 6.07) is 7.35. The van der Waals surface area contributed by atoms with E-state index in [1.165, 1.54) is 0 Å². The van der Waals surface area contributed by atoms with Gasteiger partial charge >= 0.3 is 0 Å². The van der Waals surface area contributed by atoms with E-state index < -0.39 is 0 Å². The molecule has 0 aliphatic rings. The van der Waals surface area contributed by atoms with Crippen LogP contribution in [0.5, 0.6) is 0 Å². The van der Waals surface area contributed by atoms with E-state index in [9.17, 15) is 0 Å². The summed E-state index contributed by atoms with van der Waals surface area (Å²) in [5.41, 5.74) is 0.0400. The molecular formula is C12H15N5O. The highest BCUT2D eigenvalue weighted by Crippen LogP contribution is 2.11. The summed E-state index contributed by atoms with van der Waals surface area (Å²) < 4.78 is 5.23. The SMILES string of the molecule is CNC(NCCN(C)c1ccco1)=C(C#N)C#N. The molecular weight excluding hydrogens is 230 g/mol. The predicted octanol–water partition coefficient (Wildman–Crippen LogP) is 0.784. The van der Waals surface area contributed by atoms with Crippen LogP contribution < -0.4 is 15.5 Å². The first-order valence-electron chi connectivity index (χ1n) is 5.43. The molecule has 6 heteroatoms. The molecule has 1 heterocycles. The minimum Gasteiger partial charge on any atom is -0.449 e. The maximum atomic E-state index is 8.75. The molecule has 0 spiro atoms. The second-order valence-corrected chi connectivity index (χ2v) is 3.52. The molecule has 18 heavy (non-hydrogen) atoms. The Labute approximate surface area is 106 Å². The number of furan rings is 1. The van der Waals surface area contributed by atoms with Gasteiger partial charge in [-0.3, -0.25) is 0 Å². The first-order chi connectivity index (χ1) is 8.72. The van der Waals surface area contributed by atoms with Gasteiger partial charge in [-0.2, -0.15) is 10.5 Å². The van der Waals surface area contributed by atoms with Gasteiger partial charge in [0.05, 0.1) is 6.26 Å². The molecule has 0 amide bonds. The number of rotatable bonds is 6. The van der Waals surface area contributed by atoms with Crippen molar-refractivity contribution in [3.05, 3.63) is 29.8 Å². The van der Waals surface area contributed by atoms with E-state index >= 15 is 0 Å². The third-order valence-electron chi connectivity index (χ3n) is 2.35. The molecule has 1 rings (SSSR count). The smallest absolute Gasteiger partial charge is 0.194 e. The minimum absolute atomic E-state index is 0.0400. The Balaban J connectivity index is 2.49. The van der Waals surface area contributed by atoms with Crippen LogP contribution in [0.25, 0.3) is 0 Å². The fourth-order valence-corrected chi connectivity index (χ4v) is 1.38. The number of likely N-dealkylation sites (N-methyl/N-ethyl adjacent to an activating group) is 1. The van der Waals surface area contributed by atoms with Crippen molar-refractivity contribution in [1.82, 2.24) is 10.6 Å². The van der Waals surface area contributed by atoms with Gasteiger partial charge in [0.25, 0.3) is 0 Å². The largest absolute Gasteiger partial charge is 0.449 e. The normalized spacial score (nSPS) is 8.89. The molecule has 0 aliphatic carbocycles. The molecule has 0 saturated carbocycles. The van der Waals surface area contributed by atoms with Gasteiger partial charge in [-0.05, 0) is 6.07 Å².